The van der Waals surface area contributed by atoms with Gasteiger partial charge in [0.1, 0.15) is 11.3 Å². The minimum atomic E-state index is -0.0657. The van der Waals surface area contributed by atoms with Crippen LogP contribution in [0, 0.1) is 0 Å². The van der Waals surface area contributed by atoms with E-state index in [9.17, 15) is 4.79 Å². The summed E-state index contributed by atoms with van der Waals surface area (Å²) in [4.78, 5) is 17.0. The molecule has 4 rings (SSSR count). The molecular formula is C17H11NO3. The topological polar surface area (TPSA) is 52.3 Å². The van der Waals surface area contributed by atoms with Crippen LogP contribution in [-0.4, -0.2) is 12.1 Å². The average molecular weight is 277 g/mol. The number of ether oxygens (including phenoxy) is 1. The molecule has 0 aliphatic rings. The Morgan fingerprint density at radius 2 is 1.90 bits per heavy atom. The van der Waals surface area contributed by atoms with Gasteiger partial charge in [0.15, 0.2) is 0 Å². The van der Waals surface area contributed by atoms with Gasteiger partial charge < -0.3 is 9.15 Å². The van der Waals surface area contributed by atoms with Crippen molar-refractivity contribution in [3.8, 4) is 5.75 Å². The van der Waals surface area contributed by atoms with Crippen LogP contribution < -0.4 is 10.2 Å². The largest absolute Gasteiger partial charge is 0.497 e. The van der Waals surface area contributed by atoms with Gasteiger partial charge in [-0.3, -0.25) is 4.79 Å². The van der Waals surface area contributed by atoms with Gasteiger partial charge in [-0.1, -0.05) is 12.1 Å². The zero-order valence-corrected chi connectivity index (χ0v) is 11.3. The average Bonchev–Trinajstić information content (AvgIpc) is 2.53. The number of rotatable bonds is 1. The second kappa shape index (κ2) is 4.31. The molecule has 4 aromatic rings. The van der Waals surface area contributed by atoms with Crippen LogP contribution in [0.1, 0.15) is 0 Å². The molecule has 0 aliphatic heterocycles. The van der Waals surface area contributed by atoms with Crippen molar-refractivity contribution in [2.45, 2.75) is 0 Å². The van der Waals surface area contributed by atoms with E-state index in [0.717, 1.165) is 16.7 Å². The summed E-state index contributed by atoms with van der Waals surface area (Å²) >= 11 is 0. The molecule has 0 saturated carbocycles. The highest BCUT2D eigenvalue weighted by Crippen LogP contribution is 2.24. The second-order valence-corrected chi connectivity index (χ2v) is 4.83. The van der Waals surface area contributed by atoms with Gasteiger partial charge in [-0.25, -0.2) is 4.98 Å². The molecular weight excluding hydrogens is 266 g/mol. The summed E-state index contributed by atoms with van der Waals surface area (Å²) in [6, 6.07) is 14.5. The Bertz CT molecular complexity index is 1050. The SMILES string of the molecule is COc1ccc2nc3oc4ccccc4c(=O)c3cc2c1. The third-order valence-electron chi connectivity index (χ3n) is 3.57. The molecule has 0 amide bonds. The highest BCUT2D eigenvalue weighted by atomic mass is 16.5. The van der Waals surface area contributed by atoms with Gasteiger partial charge in [0.05, 0.1) is 23.4 Å². The van der Waals surface area contributed by atoms with Crippen molar-refractivity contribution >= 4 is 33.0 Å². The molecule has 0 radical (unpaired) electrons. The van der Waals surface area contributed by atoms with Crippen molar-refractivity contribution in [1.82, 2.24) is 4.98 Å². The van der Waals surface area contributed by atoms with E-state index < -0.39 is 0 Å². The number of nitrogens with zero attached hydrogens (tertiary/aromatic N) is 1. The van der Waals surface area contributed by atoms with E-state index in [1.807, 2.05) is 30.3 Å². The summed E-state index contributed by atoms with van der Waals surface area (Å²) < 4.78 is 11.0. The molecule has 0 bridgehead atoms. The van der Waals surface area contributed by atoms with Gasteiger partial charge in [0.2, 0.25) is 11.1 Å². The first-order chi connectivity index (χ1) is 10.3. The number of fused-ring (bicyclic) bond motifs is 3. The fourth-order valence-corrected chi connectivity index (χ4v) is 2.50. The molecule has 4 heteroatoms. The molecule has 0 aliphatic carbocycles. The van der Waals surface area contributed by atoms with E-state index in [-0.39, 0.29) is 5.43 Å². The first-order valence-corrected chi connectivity index (χ1v) is 6.56. The maximum atomic E-state index is 12.6. The van der Waals surface area contributed by atoms with Crippen LogP contribution in [-0.2, 0) is 0 Å². The monoisotopic (exact) mass is 277 g/mol. The van der Waals surface area contributed by atoms with Crippen LogP contribution in [0.25, 0.3) is 33.0 Å². The van der Waals surface area contributed by atoms with Crippen molar-refractivity contribution in [3.63, 3.8) is 0 Å². The minimum absolute atomic E-state index is 0.0657. The molecule has 4 nitrogen and oxygen atoms in total. The number of para-hydroxylation sites is 1. The Morgan fingerprint density at radius 3 is 2.76 bits per heavy atom. The quantitative estimate of drug-likeness (QED) is 0.500. The van der Waals surface area contributed by atoms with E-state index in [1.165, 1.54) is 0 Å². The second-order valence-electron chi connectivity index (χ2n) is 4.83. The number of benzene rings is 2. The van der Waals surface area contributed by atoms with Gasteiger partial charge in [-0.05, 0) is 36.4 Å². The van der Waals surface area contributed by atoms with E-state index in [0.29, 0.717) is 22.1 Å². The lowest BCUT2D eigenvalue weighted by Gasteiger charge is -2.04. The number of hydrogen-bond acceptors (Lipinski definition) is 4. The van der Waals surface area contributed by atoms with Crippen molar-refractivity contribution in [2.24, 2.45) is 0 Å². The third-order valence-corrected chi connectivity index (χ3v) is 3.57. The standard InChI is InChI=1S/C17H11NO3/c1-20-11-6-7-14-10(8-11)9-13-16(19)12-4-2-3-5-15(12)21-17(13)18-14/h2-9H,1H3. The number of hydrogen-bond donors (Lipinski definition) is 0. The maximum Gasteiger partial charge on any atom is 0.231 e. The van der Waals surface area contributed by atoms with Crippen molar-refractivity contribution in [3.05, 3.63) is 58.8 Å². The fraction of sp³-hybridized carbons (Fsp3) is 0.0588. The summed E-state index contributed by atoms with van der Waals surface area (Å²) in [6.45, 7) is 0. The molecule has 0 unspecified atom stereocenters. The van der Waals surface area contributed by atoms with E-state index in [2.05, 4.69) is 4.98 Å². The molecule has 21 heavy (non-hydrogen) atoms. The normalized spacial score (nSPS) is 11.3. The van der Waals surface area contributed by atoms with E-state index >= 15 is 0 Å². The van der Waals surface area contributed by atoms with Crippen molar-refractivity contribution in [1.29, 1.82) is 0 Å². The molecule has 0 N–H and O–H groups in total. The molecule has 2 heterocycles. The van der Waals surface area contributed by atoms with Gasteiger partial charge >= 0.3 is 0 Å². The minimum Gasteiger partial charge on any atom is -0.497 e. The fourth-order valence-electron chi connectivity index (χ4n) is 2.50. The zero-order chi connectivity index (χ0) is 14.4. The van der Waals surface area contributed by atoms with Crippen LogP contribution in [0.3, 0.4) is 0 Å². The first-order valence-electron chi connectivity index (χ1n) is 6.56. The Morgan fingerprint density at radius 1 is 1.05 bits per heavy atom. The van der Waals surface area contributed by atoms with Gasteiger partial charge in [0, 0.05) is 5.39 Å². The van der Waals surface area contributed by atoms with Gasteiger partial charge in [0.25, 0.3) is 0 Å². The van der Waals surface area contributed by atoms with Crippen molar-refractivity contribution < 1.29 is 9.15 Å². The van der Waals surface area contributed by atoms with E-state index in [1.54, 1.807) is 25.3 Å². The first kappa shape index (κ1) is 11.9. The van der Waals surface area contributed by atoms with Crippen LogP contribution >= 0.6 is 0 Å². The van der Waals surface area contributed by atoms with Crippen LogP contribution in [0.2, 0.25) is 0 Å². The Balaban J connectivity index is 2.18. The smallest absolute Gasteiger partial charge is 0.231 e. The number of aromatic nitrogens is 1. The molecule has 102 valence electrons. The van der Waals surface area contributed by atoms with Crippen LogP contribution in [0.4, 0.5) is 0 Å². The Hall–Kier alpha value is -2.88. The zero-order valence-electron chi connectivity index (χ0n) is 11.3. The summed E-state index contributed by atoms with van der Waals surface area (Å²) in [7, 11) is 1.61. The summed E-state index contributed by atoms with van der Waals surface area (Å²) in [5.41, 5.74) is 1.61. The highest BCUT2D eigenvalue weighted by molar-refractivity contribution is 5.95. The lowest BCUT2D eigenvalue weighted by atomic mass is 10.1. The predicted octanol–water partition coefficient (Wildman–Crippen LogP) is 3.50. The highest BCUT2D eigenvalue weighted by Gasteiger charge is 2.10. The Kier molecular flexibility index (Phi) is 2.44. The lowest BCUT2D eigenvalue weighted by Crippen LogP contribution is -2.03. The van der Waals surface area contributed by atoms with Crippen LogP contribution in [0.15, 0.2) is 57.7 Å². The molecule has 2 aromatic heterocycles. The van der Waals surface area contributed by atoms with E-state index in [4.69, 9.17) is 9.15 Å². The molecule has 0 spiro atoms. The number of methoxy groups -OCH3 is 1. The molecule has 0 saturated heterocycles. The van der Waals surface area contributed by atoms with Crippen molar-refractivity contribution in [2.75, 3.05) is 7.11 Å². The summed E-state index contributed by atoms with van der Waals surface area (Å²) in [6.07, 6.45) is 0. The third kappa shape index (κ3) is 1.76. The van der Waals surface area contributed by atoms with Crippen LogP contribution in [0.5, 0.6) is 5.75 Å². The molecule has 2 aromatic carbocycles. The molecule has 0 fully saturated rings. The maximum absolute atomic E-state index is 12.6. The summed E-state index contributed by atoms with van der Waals surface area (Å²) in [5, 5.41) is 1.90. The van der Waals surface area contributed by atoms with Gasteiger partial charge in [-0.15, -0.1) is 0 Å². The van der Waals surface area contributed by atoms with Gasteiger partial charge in [-0.2, -0.15) is 0 Å². The molecule has 0 atom stereocenters. The Labute approximate surface area is 119 Å². The summed E-state index contributed by atoms with van der Waals surface area (Å²) in [5.74, 6) is 0.730. The predicted molar refractivity (Wildman–Crippen MR) is 81.8 cm³/mol. The number of pyridine rings is 1. The lowest BCUT2D eigenvalue weighted by molar-refractivity contribution is 0.415.